The smallest absolute Gasteiger partial charge is 0.258 e. The van der Waals surface area contributed by atoms with Crippen LogP contribution in [-0.2, 0) is 0 Å². The van der Waals surface area contributed by atoms with Gasteiger partial charge in [0, 0.05) is 31.9 Å². The van der Waals surface area contributed by atoms with Gasteiger partial charge < -0.3 is 10.2 Å². The molecular formula is C13H16N4O. The van der Waals surface area contributed by atoms with Crippen LogP contribution in [0.3, 0.4) is 0 Å². The van der Waals surface area contributed by atoms with E-state index in [-0.39, 0.29) is 11.9 Å². The summed E-state index contributed by atoms with van der Waals surface area (Å²) >= 11 is 0. The van der Waals surface area contributed by atoms with Crippen LogP contribution in [0, 0.1) is 0 Å². The third-order valence-electron chi connectivity index (χ3n) is 3.42. The molecule has 1 aliphatic rings. The average Bonchev–Trinajstić information content (AvgIpc) is 2.82. The lowest BCUT2D eigenvalue weighted by molar-refractivity contribution is 0.0658. The van der Waals surface area contributed by atoms with Gasteiger partial charge in [-0.15, -0.1) is 0 Å². The summed E-state index contributed by atoms with van der Waals surface area (Å²) in [4.78, 5) is 14.4. The second-order valence-corrected chi connectivity index (χ2v) is 4.64. The molecule has 0 spiro atoms. The fourth-order valence-corrected chi connectivity index (χ4v) is 2.40. The van der Waals surface area contributed by atoms with E-state index in [2.05, 4.69) is 17.3 Å². The van der Waals surface area contributed by atoms with Gasteiger partial charge in [-0.05, 0) is 19.1 Å². The van der Waals surface area contributed by atoms with Crippen molar-refractivity contribution in [1.29, 1.82) is 0 Å². The maximum absolute atomic E-state index is 12.5. The predicted molar refractivity (Wildman–Crippen MR) is 68.6 cm³/mol. The standard InChI is InChI=1S/C13H16N4O/c1-10-8-14-5-7-16(10)13(18)11-9-15-17-6-3-2-4-12(11)17/h2-4,6,9-10,14H,5,7-8H2,1H3/t10-/m1/s1. The minimum absolute atomic E-state index is 0.0743. The maximum atomic E-state index is 12.5. The summed E-state index contributed by atoms with van der Waals surface area (Å²) in [7, 11) is 0. The van der Waals surface area contributed by atoms with Gasteiger partial charge in [-0.2, -0.15) is 5.10 Å². The first-order valence-corrected chi connectivity index (χ1v) is 6.21. The number of aromatic nitrogens is 2. The van der Waals surface area contributed by atoms with E-state index in [0.717, 1.165) is 25.2 Å². The topological polar surface area (TPSA) is 49.6 Å². The molecule has 3 rings (SSSR count). The first-order valence-electron chi connectivity index (χ1n) is 6.21. The van der Waals surface area contributed by atoms with E-state index in [4.69, 9.17) is 0 Å². The predicted octanol–water partition coefficient (Wildman–Crippen LogP) is 0.768. The highest BCUT2D eigenvalue weighted by Gasteiger charge is 2.25. The zero-order chi connectivity index (χ0) is 12.5. The van der Waals surface area contributed by atoms with Gasteiger partial charge in [0.1, 0.15) is 0 Å². The first kappa shape index (κ1) is 11.2. The van der Waals surface area contributed by atoms with E-state index in [1.807, 2.05) is 29.3 Å². The molecule has 0 saturated carbocycles. The number of nitrogens with zero attached hydrogens (tertiary/aromatic N) is 3. The summed E-state index contributed by atoms with van der Waals surface area (Å²) in [5.74, 6) is 0.0743. The second kappa shape index (κ2) is 4.42. The molecule has 0 aliphatic carbocycles. The summed E-state index contributed by atoms with van der Waals surface area (Å²) < 4.78 is 1.74. The van der Waals surface area contributed by atoms with Gasteiger partial charge in [-0.1, -0.05) is 6.07 Å². The molecule has 1 atom stereocenters. The number of pyridine rings is 1. The highest BCUT2D eigenvalue weighted by Crippen LogP contribution is 2.15. The molecule has 0 bridgehead atoms. The highest BCUT2D eigenvalue weighted by molar-refractivity contribution is 6.00. The second-order valence-electron chi connectivity index (χ2n) is 4.64. The number of rotatable bonds is 1. The summed E-state index contributed by atoms with van der Waals surface area (Å²) in [6, 6.07) is 5.98. The Morgan fingerprint density at radius 3 is 3.22 bits per heavy atom. The maximum Gasteiger partial charge on any atom is 0.258 e. The molecule has 18 heavy (non-hydrogen) atoms. The van der Waals surface area contributed by atoms with Crippen molar-refractivity contribution in [2.24, 2.45) is 0 Å². The minimum Gasteiger partial charge on any atom is -0.333 e. The molecule has 2 aromatic rings. The van der Waals surface area contributed by atoms with Gasteiger partial charge in [0.2, 0.25) is 0 Å². The molecule has 94 valence electrons. The Morgan fingerprint density at radius 1 is 1.50 bits per heavy atom. The molecular weight excluding hydrogens is 228 g/mol. The summed E-state index contributed by atoms with van der Waals surface area (Å²) in [6.45, 7) is 4.53. The van der Waals surface area contributed by atoms with Crippen LogP contribution in [0.5, 0.6) is 0 Å². The highest BCUT2D eigenvalue weighted by atomic mass is 16.2. The molecule has 3 heterocycles. The summed E-state index contributed by atoms with van der Waals surface area (Å²) in [6.07, 6.45) is 3.51. The lowest BCUT2D eigenvalue weighted by Gasteiger charge is -2.33. The fraction of sp³-hybridized carbons (Fsp3) is 0.385. The number of hydrogen-bond donors (Lipinski definition) is 1. The molecule has 5 heteroatoms. The number of nitrogens with one attached hydrogen (secondary N) is 1. The Morgan fingerprint density at radius 2 is 2.39 bits per heavy atom. The van der Waals surface area contributed by atoms with Gasteiger partial charge in [-0.3, -0.25) is 4.79 Å². The molecule has 1 amide bonds. The van der Waals surface area contributed by atoms with Crippen molar-refractivity contribution in [1.82, 2.24) is 19.8 Å². The van der Waals surface area contributed by atoms with Crippen LogP contribution in [-0.4, -0.2) is 46.1 Å². The number of fused-ring (bicyclic) bond motifs is 1. The van der Waals surface area contributed by atoms with Crippen LogP contribution in [0.15, 0.2) is 30.6 Å². The molecule has 1 fully saturated rings. The Kier molecular flexibility index (Phi) is 2.76. The number of carbonyl (C=O) groups is 1. The largest absolute Gasteiger partial charge is 0.333 e. The summed E-state index contributed by atoms with van der Waals surface area (Å²) in [5, 5.41) is 7.50. The number of amides is 1. The monoisotopic (exact) mass is 244 g/mol. The van der Waals surface area contributed by atoms with Crippen LogP contribution in [0.25, 0.3) is 5.52 Å². The zero-order valence-corrected chi connectivity index (χ0v) is 10.3. The fourth-order valence-electron chi connectivity index (χ4n) is 2.40. The van der Waals surface area contributed by atoms with Gasteiger partial charge in [0.05, 0.1) is 17.3 Å². The summed E-state index contributed by atoms with van der Waals surface area (Å²) in [5.41, 5.74) is 1.55. The van der Waals surface area contributed by atoms with E-state index in [1.54, 1.807) is 10.7 Å². The molecule has 0 unspecified atom stereocenters. The van der Waals surface area contributed by atoms with Gasteiger partial charge in [0.25, 0.3) is 5.91 Å². The van der Waals surface area contributed by atoms with E-state index < -0.39 is 0 Å². The van der Waals surface area contributed by atoms with Gasteiger partial charge in [0.15, 0.2) is 0 Å². The van der Waals surface area contributed by atoms with Crippen LogP contribution in [0.4, 0.5) is 0 Å². The quantitative estimate of drug-likeness (QED) is 0.806. The van der Waals surface area contributed by atoms with Crippen molar-refractivity contribution in [2.75, 3.05) is 19.6 Å². The van der Waals surface area contributed by atoms with Crippen LogP contribution in [0.2, 0.25) is 0 Å². The zero-order valence-electron chi connectivity index (χ0n) is 10.3. The normalized spacial score (nSPS) is 20.3. The van der Waals surface area contributed by atoms with Crippen molar-refractivity contribution >= 4 is 11.4 Å². The minimum atomic E-state index is 0.0743. The van der Waals surface area contributed by atoms with Crippen LogP contribution >= 0.6 is 0 Å². The van der Waals surface area contributed by atoms with Crippen molar-refractivity contribution in [3.63, 3.8) is 0 Å². The Hall–Kier alpha value is -1.88. The van der Waals surface area contributed by atoms with Crippen molar-refractivity contribution < 1.29 is 4.79 Å². The lowest BCUT2D eigenvalue weighted by Crippen LogP contribution is -2.52. The van der Waals surface area contributed by atoms with E-state index in [9.17, 15) is 4.79 Å². The third kappa shape index (κ3) is 1.76. The van der Waals surface area contributed by atoms with Crippen molar-refractivity contribution in [3.05, 3.63) is 36.2 Å². The van der Waals surface area contributed by atoms with Gasteiger partial charge in [-0.25, -0.2) is 4.52 Å². The number of piperazine rings is 1. The van der Waals surface area contributed by atoms with E-state index in [0.29, 0.717) is 5.56 Å². The van der Waals surface area contributed by atoms with Crippen molar-refractivity contribution in [2.45, 2.75) is 13.0 Å². The molecule has 0 aromatic carbocycles. The Balaban J connectivity index is 1.96. The first-order chi connectivity index (χ1) is 8.77. The molecule has 1 saturated heterocycles. The molecule has 1 aliphatic heterocycles. The third-order valence-corrected chi connectivity index (χ3v) is 3.42. The molecule has 1 N–H and O–H groups in total. The molecule has 5 nitrogen and oxygen atoms in total. The number of carbonyl (C=O) groups excluding carboxylic acids is 1. The average molecular weight is 244 g/mol. The molecule has 0 radical (unpaired) electrons. The Bertz CT molecular complexity index is 577. The Labute approximate surface area is 105 Å². The van der Waals surface area contributed by atoms with E-state index in [1.165, 1.54) is 0 Å². The number of hydrogen-bond acceptors (Lipinski definition) is 3. The van der Waals surface area contributed by atoms with E-state index >= 15 is 0 Å². The van der Waals surface area contributed by atoms with Crippen LogP contribution in [0.1, 0.15) is 17.3 Å². The molecule has 2 aromatic heterocycles. The SMILES string of the molecule is C[C@@H]1CNCCN1C(=O)c1cnn2ccccc12. The van der Waals surface area contributed by atoms with Crippen molar-refractivity contribution in [3.8, 4) is 0 Å². The van der Waals surface area contributed by atoms with Gasteiger partial charge >= 0.3 is 0 Å². The lowest BCUT2D eigenvalue weighted by atomic mass is 10.1. The van der Waals surface area contributed by atoms with Crippen LogP contribution < -0.4 is 5.32 Å².